The van der Waals surface area contributed by atoms with Crippen molar-refractivity contribution < 1.29 is 4.42 Å². The predicted octanol–water partition coefficient (Wildman–Crippen LogP) is 2.12. The Morgan fingerprint density at radius 2 is 2.12 bits per heavy atom. The molecular formula is C10H13ClN4O. The van der Waals surface area contributed by atoms with Crippen LogP contribution in [0.2, 0.25) is 0 Å². The molecule has 16 heavy (non-hydrogen) atoms. The van der Waals surface area contributed by atoms with Crippen molar-refractivity contribution >= 4 is 11.6 Å². The van der Waals surface area contributed by atoms with Crippen LogP contribution < -0.4 is 0 Å². The molecule has 0 N–H and O–H groups in total. The van der Waals surface area contributed by atoms with E-state index in [1.54, 1.807) is 4.68 Å². The van der Waals surface area contributed by atoms with Crippen LogP contribution in [0.1, 0.15) is 31.2 Å². The number of nitrogens with zero attached hydrogens (tertiary/aromatic N) is 4. The van der Waals surface area contributed by atoms with Gasteiger partial charge in [-0.05, 0) is 0 Å². The lowest BCUT2D eigenvalue weighted by Crippen LogP contribution is -2.02. The molecule has 0 aromatic carbocycles. The van der Waals surface area contributed by atoms with Gasteiger partial charge in [0.25, 0.3) is 0 Å². The number of hydrogen-bond donors (Lipinski definition) is 0. The zero-order chi connectivity index (χ0) is 11.5. The van der Waals surface area contributed by atoms with Crippen LogP contribution in [0.4, 0.5) is 0 Å². The molecule has 0 fully saturated rings. The normalized spacial score (nSPS) is 10.9. The molecule has 0 aliphatic carbocycles. The molecule has 0 bridgehead atoms. The zero-order valence-corrected chi connectivity index (χ0v) is 10.0. The molecule has 0 radical (unpaired) electrons. The number of alkyl halides is 1. The second-order valence-electron chi connectivity index (χ2n) is 3.32. The van der Waals surface area contributed by atoms with E-state index in [1.165, 1.54) is 6.26 Å². The van der Waals surface area contributed by atoms with Gasteiger partial charge in [0, 0.05) is 12.8 Å². The molecule has 0 saturated carbocycles. The minimum atomic E-state index is 0.334. The van der Waals surface area contributed by atoms with Crippen molar-refractivity contribution in [1.29, 1.82) is 0 Å². The Balaban J connectivity index is 2.41. The molecule has 2 aromatic rings. The molecule has 0 amide bonds. The number of rotatable bonds is 4. The van der Waals surface area contributed by atoms with Gasteiger partial charge in [-0.25, -0.2) is 4.98 Å². The summed E-state index contributed by atoms with van der Waals surface area (Å²) in [6, 6.07) is 0.430. The highest BCUT2D eigenvalue weighted by Gasteiger charge is 2.13. The third-order valence-electron chi connectivity index (χ3n) is 2.21. The third-order valence-corrected chi connectivity index (χ3v) is 2.48. The van der Waals surface area contributed by atoms with Gasteiger partial charge in [-0.3, -0.25) is 0 Å². The van der Waals surface area contributed by atoms with Crippen LogP contribution in [-0.4, -0.2) is 19.7 Å². The highest BCUT2D eigenvalue weighted by molar-refractivity contribution is 6.16. The molecule has 0 aliphatic rings. The Morgan fingerprint density at radius 1 is 1.31 bits per heavy atom. The van der Waals surface area contributed by atoms with Gasteiger partial charge in [-0.2, -0.15) is 9.67 Å². The van der Waals surface area contributed by atoms with E-state index in [4.69, 9.17) is 16.0 Å². The summed E-state index contributed by atoms with van der Waals surface area (Å²) in [5.41, 5.74) is 0.701. The first-order valence-corrected chi connectivity index (χ1v) is 5.77. The maximum absolute atomic E-state index is 5.67. The van der Waals surface area contributed by atoms with Gasteiger partial charge in [-0.15, -0.1) is 16.7 Å². The minimum Gasteiger partial charge on any atom is -0.430 e. The van der Waals surface area contributed by atoms with E-state index in [-0.39, 0.29) is 0 Å². The Labute approximate surface area is 98.5 Å². The van der Waals surface area contributed by atoms with Gasteiger partial charge < -0.3 is 4.42 Å². The van der Waals surface area contributed by atoms with E-state index in [9.17, 15) is 0 Å². The van der Waals surface area contributed by atoms with E-state index in [0.29, 0.717) is 17.6 Å². The largest absolute Gasteiger partial charge is 0.430 e. The molecule has 2 heterocycles. The van der Waals surface area contributed by atoms with E-state index in [0.717, 1.165) is 24.5 Å². The summed E-state index contributed by atoms with van der Waals surface area (Å²) in [7, 11) is 0. The smallest absolute Gasteiger partial charge is 0.324 e. The summed E-state index contributed by atoms with van der Waals surface area (Å²) in [4.78, 5) is 8.59. The van der Waals surface area contributed by atoms with Crippen molar-refractivity contribution in [2.75, 3.05) is 0 Å². The molecule has 2 aromatic heterocycles. The van der Waals surface area contributed by atoms with Crippen LogP contribution in [0.25, 0.3) is 6.01 Å². The summed E-state index contributed by atoms with van der Waals surface area (Å²) in [5, 5.41) is 4.32. The quantitative estimate of drug-likeness (QED) is 0.769. The van der Waals surface area contributed by atoms with Crippen molar-refractivity contribution in [3.63, 3.8) is 0 Å². The third kappa shape index (κ3) is 1.95. The molecule has 5 nitrogen and oxygen atoms in total. The molecule has 6 heteroatoms. The average molecular weight is 241 g/mol. The standard InChI is InChI=1S/C10H13ClN4O/c1-3-8-13-9(4-2)15(14-8)10-12-7(5-11)6-16-10/h6H,3-5H2,1-2H3. The van der Waals surface area contributed by atoms with Crippen LogP contribution in [0.15, 0.2) is 10.7 Å². The lowest BCUT2D eigenvalue weighted by molar-refractivity contribution is 0.501. The predicted molar refractivity (Wildman–Crippen MR) is 59.7 cm³/mol. The maximum atomic E-state index is 5.67. The van der Waals surface area contributed by atoms with E-state index in [2.05, 4.69) is 15.1 Å². The topological polar surface area (TPSA) is 56.7 Å². The zero-order valence-electron chi connectivity index (χ0n) is 9.27. The Bertz CT molecular complexity index is 477. The second-order valence-corrected chi connectivity index (χ2v) is 3.59. The minimum absolute atomic E-state index is 0.334. The SMILES string of the molecule is CCc1nc(CC)n(-c2nc(CCl)co2)n1. The van der Waals surface area contributed by atoms with Crippen molar-refractivity contribution in [1.82, 2.24) is 19.7 Å². The van der Waals surface area contributed by atoms with Crippen LogP contribution >= 0.6 is 11.6 Å². The molecule has 86 valence electrons. The van der Waals surface area contributed by atoms with Gasteiger partial charge in [-0.1, -0.05) is 13.8 Å². The molecule has 2 rings (SSSR count). The Kier molecular flexibility index (Phi) is 3.24. The fourth-order valence-electron chi connectivity index (χ4n) is 1.38. The summed E-state index contributed by atoms with van der Waals surface area (Å²) < 4.78 is 6.94. The van der Waals surface area contributed by atoms with Crippen molar-refractivity contribution in [3.8, 4) is 6.01 Å². The highest BCUT2D eigenvalue weighted by Crippen LogP contribution is 2.12. The first-order chi connectivity index (χ1) is 7.78. The number of aromatic nitrogens is 4. The summed E-state index contributed by atoms with van der Waals surface area (Å²) in [6.45, 7) is 4.03. The molecule has 0 saturated heterocycles. The molecule has 0 atom stereocenters. The highest BCUT2D eigenvalue weighted by atomic mass is 35.5. The van der Waals surface area contributed by atoms with Crippen molar-refractivity contribution in [2.45, 2.75) is 32.6 Å². The number of aryl methyl sites for hydroxylation is 2. The van der Waals surface area contributed by atoms with Gasteiger partial charge in [0.05, 0.1) is 11.6 Å². The monoisotopic (exact) mass is 240 g/mol. The van der Waals surface area contributed by atoms with E-state index in [1.807, 2.05) is 13.8 Å². The Morgan fingerprint density at radius 3 is 2.69 bits per heavy atom. The first kappa shape index (κ1) is 11.1. The summed E-state index contributed by atoms with van der Waals surface area (Å²) in [6.07, 6.45) is 3.11. The fraction of sp³-hybridized carbons (Fsp3) is 0.500. The van der Waals surface area contributed by atoms with Gasteiger partial charge >= 0.3 is 6.01 Å². The molecular weight excluding hydrogens is 228 g/mol. The first-order valence-electron chi connectivity index (χ1n) is 5.24. The van der Waals surface area contributed by atoms with Crippen LogP contribution in [0.5, 0.6) is 0 Å². The number of hydrogen-bond acceptors (Lipinski definition) is 4. The van der Waals surface area contributed by atoms with Crippen molar-refractivity contribution in [2.24, 2.45) is 0 Å². The molecule has 0 aliphatic heterocycles. The lowest BCUT2D eigenvalue weighted by Gasteiger charge is -1.96. The summed E-state index contributed by atoms with van der Waals surface area (Å²) >= 11 is 5.67. The molecule has 0 unspecified atom stereocenters. The van der Waals surface area contributed by atoms with Gasteiger partial charge in [0.1, 0.15) is 12.1 Å². The van der Waals surface area contributed by atoms with E-state index >= 15 is 0 Å². The van der Waals surface area contributed by atoms with Gasteiger partial charge in [0.15, 0.2) is 5.82 Å². The Hall–Kier alpha value is -1.36. The van der Waals surface area contributed by atoms with Crippen LogP contribution in [-0.2, 0) is 18.7 Å². The van der Waals surface area contributed by atoms with E-state index < -0.39 is 0 Å². The van der Waals surface area contributed by atoms with Crippen molar-refractivity contribution in [3.05, 3.63) is 23.6 Å². The van der Waals surface area contributed by atoms with Gasteiger partial charge in [0.2, 0.25) is 0 Å². The number of oxazole rings is 1. The maximum Gasteiger partial charge on any atom is 0.324 e. The van der Waals surface area contributed by atoms with Crippen LogP contribution in [0.3, 0.4) is 0 Å². The molecule has 0 spiro atoms. The fourth-order valence-corrected chi connectivity index (χ4v) is 1.50. The lowest BCUT2D eigenvalue weighted by atomic mass is 10.4. The summed E-state index contributed by atoms with van der Waals surface area (Å²) in [5.74, 6) is 1.97. The average Bonchev–Trinajstić information content (AvgIpc) is 2.94. The second kappa shape index (κ2) is 4.65. The van der Waals surface area contributed by atoms with Crippen LogP contribution in [0, 0.1) is 0 Å². The number of halogens is 1.